The smallest absolute Gasteiger partial charge is 0.282 e. The van der Waals surface area contributed by atoms with Crippen LogP contribution >= 0.6 is 11.3 Å². The van der Waals surface area contributed by atoms with Gasteiger partial charge in [0.25, 0.3) is 20.2 Å². The minimum absolute atomic E-state index is 0.226. The van der Waals surface area contributed by atoms with E-state index in [-0.39, 0.29) is 14.9 Å². The molecule has 3 aromatic heterocycles. The zero-order chi connectivity index (χ0) is 27.6. The summed E-state index contributed by atoms with van der Waals surface area (Å²) in [4.78, 5) is 3.82. The van der Waals surface area contributed by atoms with Crippen molar-refractivity contribution in [3.63, 3.8) is 0 Å². The highest BCUT2D eigenvalue weighted by Gasteiger charge is 2.28. The Kier molecular flexibility index (Phi) is 5.99. The Morgan fingerprint density at radius 3 is 2.26 bits per heavy atom. The summed E-state index contributed by atoms with van der Waals surface area (Å²) in [5, 5.41) is 20.9. The average Bonchev–Trinajstić information content (AvgIpc) is 3.49. The molecule has 2 aromatic carbocycles. The summed E-state index contributed by atoms with van der Waals surface area (Å²) in [7, 11) is -8.72. The number of aromatic nitrogens is 5. The molecule has 0 saturated heterocycles. The molecule has 0 aliphatic heterocycles. The second-order valence-electron chi connectivity index (χ2n) is 9.51. The Bertz CT molecular complexity index is 1980. The van der Waals surface area contributed by atoms with Gasteiger partial charge in [0.2, 0.25) is 5.13 Å². The molecule has 0 fully saturated rings. The third-order valence-electron chi connectivity index (χ3n) is 5.66. The van der Waals surface area contributed by atoms with Gasteiger partial charge in [-0.2, -0.15) is 31.5 Å². The van der Waals surface area contributed by atoms with E-state index >= 15 is 0 Å². The summed E-state index contributed by atoms with van der Waals surface area (Å²) in [6.45, 7) is 7.57. The zero-order valence-electron chi connectivity index (χ0n) is 20.4. The summed E-state index contributed by atoms with van der Waals surface area (Å²) in [5.74, 6) is 0.407. The second-order valence-corrected chi connectivity index (χ2v) is 13.4. The lowest BCUT2D eigenvalue weighted by Gasteiger charge is -2.15. The largest absolute Gasteiger partial charge is 0.294 e. The molecule has 0 spiro atoms. The van der Waals surface area contributed by atoms with Crippen molar-refractivity contribution in [3.8, 4) is 11.4 Å². The molecule has 0 aliphatic rings. The fourth-order valence-corrected chi connectivity index (χ4v) is 5.66. The molecule has 38 heavy (non-hydrogen) atoms. The topological polar surface area (TPSA) is 192 Å². The van der Waals surface area contributed by atoms with Gasteiger partial charge in [0.15, 0.2) is 17.2 Å². The van der Waals surface area contributed by atoms with Crippen LogP contribution in [0.4, 0.5) is 10.8 Å². The lowest BCUT2D eigenvalue weighted by atomic mass is 9.91. The van der Waals surface area contributed by atoms with Crippen LogP contribution in [-0.2, 0) is 25.7 Å². The molecule has 198 valence electrons. The Hall–Kier alpha value is -3.57. The van der Waals surface area contributed by atoms with Crippen LogP contribution in [0.15, 0.2) is 56.4 Å². The van der Waals surface area contributed by atoms with Crippen molar-refractivity contribution in [2.75, 3.05) is 0 Å². The monoisotopic (exact) mass is 575 g/mol. The molecule has 3 heterocycles. The molecule has 3 N–H and O–H groups in total. The van der Waals surface area contributed by atoms with Gasteiger partial charge in [0, 0.05) is 11.0 Å². The number of rotatable bonds is 5. The predicted octanol–water partition coefficient (Wildman–Crippen LogP) is 4.85. The Balaban J connectivity index is 1.60. The van der Waals surface area contributed by atoms with E-state index in [9.17, 15) is 25.9 Å². The molecular formula is C22H21N7O6S3. The number of aromatic amines is 1. The number of benzene rings is 2. The first kappa shape index (κ1) is 26.1. The molecule has 0 amide bonds. The second kappa shape index (κ2) is 8.74. The number of nitrogens with zero attached hydrogens (tertiary/aromatic N) is 6. The molecule has 5 aromatic rings. The van der Waals surface area contributed by atoms with Gasteiger partial charge in [-0.3, -0.25) is 14.2 Å². The van der Waals surface area contributed by atoms with Gasteiger partial charge in [-0.25, -0.2) is 4.98 Å². The quantitative estimate of drug-likeness (QED) is 0.194. The van der Waals surface area contributed by atoms with Gasteiger partial charge in [0.1, 0.15) is 0 Å². The fraction of sp³-hybridized carbons (Fsp3) is 0.227. The Morgan fingerprint density at radius 1 is 0.974 bits per heavy atom. The first-order chi connectivity index (χ1) is 17.6. The third-order valence-corrected chi connectivity index (χ3v) is 8.28. The summed E-state index contributed by atoms with van der Waals surface area (Å²) in [6.07, 6.45) is 0. The number of hydrogen-bond donors (Lipinski definition) is 3. The molecule has 0 atom stereocenters. The molecule has 0 radical (unpaired) electrons. The van der Waals surface area contributed by atoms with E-state index in [0.29, 0.717) is 44.2 Å². The number of H-pyrrole nitrogens is 1. The molecular weight excluding hydrogens is 554 g/mol. The van der Waals surface area contributed by atoms with Crippen LogP contribution in [0, 0.1) is 6.92 Å². The molecule has 5 rings (SSSR count). The summed E-state index contributed by atoms with van der Waals surface area (Å²) in [5.41, 5.74) is 2.53. The molecule has 0 bridgehead atoms. The lowest BCUT2D eigenvalue weighted by molar-refractivity contribution is 0.481. The van der Waals surface area contributed by atoms with Crippen LogP contribution in [0.2, 0.25) is 0 Å². The van der Waals surface area contributed by atoms with Crippen LogP contribution in [0.1, 0.15) is 32.0 Å². The highest BCUT2D eigenvalue weighted by atomic mass is 32.2. The first-order valence-corrected chi connectivity index (χ1v) is 14.7. The number of aryl methyl sites for hydroxylation is 1. The van der Waals surface area contributed by atoms with Crippen molar-refractivity contribution in [2.24, 2.45) is 10.2 Å². The average molecular weight is 576 g/mol. The van der Waals surface area contributed by atoms with Crippen molar-refractivity contribution in [1.29, 1.82) is 0 Å². The molecule has 0 unspecified atom stereocenters. The van der Waals surface area contributed by atoms with Gasteiger partial charge in [-0.1, -0.05) is 32.1 Å². The number of hydrogen-bond acceptors (Lipinski definition) is 10. The SMILES string of the molecule is Cc1cc(S(=O)(=O)O)ccc1-c1n[nH]c2c(N=Nc3nc4cc(S(=O)(=O)O)ccc4s3)c(C(C)(C)C)nn12. The number of nitrogens with one attached hydrogen (secondary N) is 1. The van der Waals surface area contributed by atoms with Gasteiger partial charge in [0.05, 0.1) is 25.7 Å². The lowest BCUT2D eigenvalue weighted by Crippen LogP contribution is -2.12. The van der Waals surface area contributed by atoms with Crippen LogP contribution in [0.25, 0.3) is 27.3 Å². The van der Waals surface area contributed by atoms with Crippen LogP contribution < -0.4 is 0 Å². The summed E-state index contributed by atoms with van der Waals surface area (Å²) < 4.78 is 66.8. The van der Waals surface area contributed by atoms with Crippen LogP contribution in [0.3, 0.4) is 0 Å². The van der Waals surface area contributed by atoms with Crippen molar-refractivity contribution in [2.45, 2.75) is 42.9 Å². The minimum Gasteiger partial charge on any atom is -0.282 e. The summed E-state index contributed by atoms with van der Waals surface area (Å²) in [6, 6.07) is 8.25. The zero-order valence-corrected chi connectivity index (χ0v) is 22.8. The fourth-order valence-electron chi connectivity index (χ4n) is 3.83. The predicted molar refractivity (Wildman–Crippen MR) is 140 cm³/mol. The van der Waals surface area contributed by atoms with Gasteiger partial charge in [-0.15, -0.1) is 10.2 Å². The van der Waals surface area contributed by atoms with Crippen molar-refractivity contribution >= 4 is 58.3 Å². The summed E-state index contributed by atoms with van der Waals surface area (Å²) >= 11 is 1.19. The molecule has 16 heteroatoms. The van der Waals surface area contributed by atoms with E-state index in [0.717, 1.165) is 0 Å². The highest BCUT2D eigenvalue weighted by Crippen LogP contribution is 2.38. The van der Waals surface area contributed by atoms with Crippen LogP contribution in [0.5, 0.6) is 0 Å². The van der Waals surface area contributed by atoms with Crippen molar-refractivity contribution in [3.05, 3.63) is 47.7 Å². The van der Waals surface area contributed by atoms with Crippen LogP contribution in [-0.4, -0.2) is 50.7 Å². The maximum Gasteiger partial charge on any atom is 0.294 e. The maximum absolute atomic E-state index is 11.5. The van der Waals surface area contributed by atoms with E-state index in [1.54, 1.807) is 11.4 Å². The van der Waals surface area contributed by atoms with E-state index in [2.05, 4.69) is 25.4 Å². The minimum atomic E-state index is -4.37. The van der Waals surface area contributed by atoms with Gasteiger partial charge in [-0.05, 0) is 48.9 Å². The molecule has 0 aliphatic carbocycles. The van der Waals surface area contributed by atoms with Crippen molar-refractivity contribution in [1.82, 2.24) is 24.8 Å². The third kappa shape index (κ3) is 4.71. The molecule has 0 saturated carbocycles. The Labute approximate surface area is 220 Å². The molecule has 13 nitrogen and oxygen atoms in total. The highest BCUT2D eigenvalue weighted by molar-refractivity contribution is 7.86. The standard InChI is InChI=1S/C22H21N7O6S3/c1-11-9-12(37(30,31)32)5-7-14(11)19-25-26-20-17(18(22(2,3)4)28-29(19)20)24-27-21-23-15-10-13(38(33,34)35)6-8-16(15)36-21/h5-10,26H,1-4H3,(H,30,31,32)(H,33,34,35). The number of thiazole rings is 1. The Morgan fingerprint density at radius 2 is 1.63 bits per heavy atom. The van der Waals surface area contributed by atoms with Gasteiger partial charge >= 0.3 is 0 Å². The van der Waals surface area contributed by atoms with E-state index in [4.69, 9.17) is 5.10 Å². The number of azo groups is 1. The normalized spacial score (nSPS) is 13.3. The maximum atomic E-state index is 11.5. The van der Waals surface area contributed by atoms with E-state index in [1.807, 2.05) is 20.8 Å². The number of fused-ring (bicyclic) bond motifs is 2. The van der Waals surface area contributed by atoms with E-state index < -0.39 is 25.7 Å². The van der Waals surface area contributed by atoms with Gasteiger partial charge < -0.3 is 0 Å². The van der Waals surface area contributed by atoms with E-state index in [1.165, 1.54) is 47.7 Å². The first-order valence-electron chi connectivity index (χ1n) is 11.0. The van der Waals surface area contributed by atoms with Crippen molar-refractivity contribution < 1.29 is 25.9 Å².